The fourth-order valence-corrected chi connectivity index (χ4v) is 3.72. The van der Waals surface area contributed by atoms with E-state index in [1.165, 1.54) is 6.42 Å². The van der Waals surface area contributed by atoms with E-state index in [-0.39, 0.29) is 17.1 Å². The van der Waals surface area contributed by atoms with Crippen molar-refractivity contribution in [1.82, 2.24) is 0 Å². The van der Waals surface area contributed by atoms with Crippen molar-refractivity contribution in [2.24, 2.45) is 5.92 Å². The lowest BCUT2D eigenvalue weighted by Gasteiger charge is -2.43. The summed E-state index contributed by atoms with van der Waals surface area (Å²) >= 11 is 0. The summed E-state index contributed by atoms with van der Waals surface area (Å²) in [4.78, 5) is 24.3. The summed E-state index contributed by atoms with van der Waals surface area (Å²) in [5, 5.41) is 0. The van der Waals surface area contributed by atoms with E-state index in [0.717, 1.165) is 57.8 Å². The molecule has 0 radical (unpaired) electrons. The molecule has 1 unspecified atom stereocenters. The Morgan fingerprint density at radius 1 is 0.720 bits per heavy atom. The van der Waals surface area contributed by atoms with Crippen molar-refractivity contribution in [3.05, 3.63) is 0 Å². The molecule has 0 aromatic heterocycles. The number of rotatable bonds is 12. The van der Waals surface area contributed by atoms with E-state index >= 15 is 0 Å². The summed E-state index contributed by atoms with van der Waals surface area (Å²) in [6.45, 7) is 15.1. The smallest absolute Gasteiger partial charge is 0.227 e. The molecule has 25 heavy (non-hydrogen) atoms. The normalized spacial score (nSPS) is 21.5. The Morgan fingerprint density at radius 2 is 1.12 bits per heavy atom. The maximum absolute atomic E-state index is 6.10. The van der Waals surface area contributed by atoms with Crippen LogP contribution in [0, 0.1) is 5.92 Å². The van der Waals surface area contributed by atoms with E-state index in [1.807, 2.05) is 0 Å². The van der Waals surface area contributed by atoms with Crippen molar-refractivity contribution in [3.63, 3.8) is 0 Å². The molecule has 1 rings (SSSR count). The standard InChI is InChI=1S/C21H42O4/c1-8-19(9-2,10-3)22-24-21(17-15-14-16-18(21)7)25-23-20(11-4,12-5)13-6/h18H,8-17H2,1-7H3. The lowest BCUT2D eigenvalue weighted by atomic mass is 9.85. The predicted molar refractivity (Wildman–Crippen MR) is 102 cm³/mol. The summed E-state index contributed by atoms with van der Waals surface area (Å²) in [5.74, 6) is -0.555. The molecule has 0 aromatic rings. The van der Waals surface area contributed by atoms with Gasteiger partial charge in [0.2, 0.25) is 5.79 Å². The maximum atomic E-state index is 6.10. The lowest BCUT2D eigenvalue weighted by molar-refractivity contribution is -0.561. The SMILES string of the molecule is CCC(CC)(CC)OOC1(OOC(CC)(CC)CC)CCCCC1C. The Bertz CT molecular complexity index is 320. The summed E-state index contributed by atoms with van der Waals surface area (Å²) < 4.78 is 0. The molecule has 0 saturated heterocycles. The molecule has 1 fully saturated rings. The van der Waals surface area contributed by atoms with Crippen LogP contribution in [0.2, 0.25) is 0 Å². The zero-order valence-corrected chi connectivity index (χ0v) is 17.8. The Hall–Kier alpha value is -0.160. The zero-order chi connectivity index (χ0) is 19.0. The van der Waals surface area contributed by atoms with Gasteiger partial charge in [-0.25, -0.2) is 9.78 Å². The molecule has 1 atom stereocenters. The van der Waals surface area contributed by atoms with Crippen LogP contribution >= 0.6 is 0 Å². The molecule has 0 spiro atoms. The van der Waals surface area contributed by atoms with E-state index in [2.05, 4.69) is 48.5 Å². The highest BCUT2D eigenvalue weighted by Crippen LogP contribution is 2.41. The summed E-state index contributed by atoms with van der Waals surface area (Å²) in [6.07, 6.45) is 9.71. The lowest BCUT2D eigenvalue weighted by Crippen LogP contribution is -2.49. The summed E-state index contributed by atoms with van der Waals surface area (Å²) in [6, 6.07) is 0. The first-order valence-electron chi connectivity index (χ1n) is 10.6. The van der Waals surface area contributed by atoms with Gasteiger partial charge in [-0.15, -0.1) is 0 Å². The first-order chi connectivity index (χ1) is 11.9. The second kappa shape index (κ2) is 10.2. The van der Waals surface area contributed by atoms with Crippen molar-refractivity contribution < 1.29 is 19.6 Å². The first-order valence-corrected chi connectivity index (χ1v) is 10.6. The van der Waals surface area contributed by atoms with Gasteiger partial charge in [0.05, 0.1) is 0 Å². The van der Waals surface area contributed by atoms with Crippen LogP contribution < -0.4 is 0 Å². The van der Waals surface area contributed by atoms with Gasteiger partial charge in [0.1, 0.15) is 11.2 Å². The van der Waals surface area contributed by atoms with Gasteiger partial charge in [-0.2, -0.15) is 9.78 Å². The Kier molecular flexibility index (Phi) is 9.38. The quantitative estimate of drug-likeness (QED) is 0.220. The largest absolute Gasteiger partial charge is 0.236 e. The number of hydrogen-bond donors (Lipinski definition) is 0. The first kappa shape index (κ1) is 22.9. The van der Waals surface area contributed by atoms with Gasteiger partial charge in [0.15, 0.2) is 0 Å². The van der Waals surface area contributed by atoms with Gasteiger partial charge in [-0.1, -0.05) is 54.9 Å². The molecule has 1 saturated carbocycles. The maximum Gasteiger partial charge on any atom is 0.236 e. The van der Waals surface area contributed by atoms with E-state index in [4.69, 9.17) is 19.6 Å². The third-order valence-electron chi connectivity index (χ3n) is 6.75. The van der Waals surface area contributed by atoms with Gasteiger partial charge in [0.25, 0.3) is 0 Å². The van der Waals surface area contributed by atoms with Crippen LogP contribution in [0.4, 0.5) is 0 Å². The van der Waals surface area contributed by atoms with Crippen molar-refractivity contribution >= 4 is 0 Å². The highest BCUT2D eigenvalue weighted by atomic mass is 17.3. The van der Waals surface area contributed by atoms with Gasteiger partial charge in [-0.3, -0.25) is 0 Å². The Labute approximate surface area is 155 Å². The van der Waals surface area contributed by atoms with Crippen LogP contribution in [0.5, 0.6) is 0 Å². The molecule has 1 aliphatic rings. The average molecular weight is 359 g/mol. The van der Waals surface area contributed by atoms with Crippen molar-refractivity contribution in [3.8, 4) is 0 Å². The van der Waals surface area contributed by atoms with Crippen molar-refractivity contribution in [1.29, 1.82) is 0 Å². The Balaban J connectivity index is 2.91. The molecular formula is C21H42O4. The fourth-order valence-electron chi connectivity index (χ4n) is 3.72. The third kappa shape index (κ3) is 5.41. The van der Waals surface area contributed by atoms with Crippen molar-refractivity contribution in [2.75, 3.05) is 0 Å². The molecule has 1 aliphatic carbocycles. The second-order valence-corrected chi connectivity index (χ2v) is 7.78. The van der Waals surface area contributed by atoms with E-state index in [0.29, 0.717) is 0 Å². The highest BCUT2D eigenvalue weighted by molar-refractivity contribution is 4.82. The van der Waals surface area contributed by atoms with Crippen LogP contribution in [0.15, 0.2) is 0 Å². The van der Waals surface area contributed by atoms with Crippen LogP contribution in [0.25, 0.3) is 0 Å². The molecule has 0 aliphatic heterocycles. The molecule has 4 nitrogen and oxygen atoms in total. The molecule has 0 aromatic carbocycles. The topological polar surface area (TPSA) is 36.9 Å². The van der Waals surface area contributed by atoms with E-state index in [9.17, 15) is 0 Å². The van der Waals surface area contributed by atoms with Gasteiger partial charge in [-0.05, 0) is 51.4 Å². The van der Waals surface area contributed by atoms with E-state index < -0.39 is 5.79 Å². The molecule has 0 heterocycles. The van der Waals surface area contributed by atoms with Gasteiger partial charge < -0.3 is 0 Å². The predicted octanol–water partition coefficient (Wildman–Crippen LogP) is 6.73. The van der Waals surface area contributed by atoms with Gasteiger partial charge >= 0.3 is 0 Å². The minimum Gasteiger partial charge on any atom is -0.227 e. The zero-order valence-electron chi connectivity index (χ0n) is 17.8. The summed E-state index contributed by atoms with van der Waals surface area (Å²) in [7, 11) is 0. The van der Waals surface area contributed by atoms with Crippen LogP contribution in [-0.2, 0) is 19.6 Å². The van der Waals surface area contributed by atoms with Crippen molar-refractivity contribution in [2.45, 2.75) is 130 Å². The highest BCUT2D eigenvalue weighted by Gasteiger charge is 2.47. The number of hydrogen-bond acceptors (Lipinski definition) is 4. The van der Waals surface area contributed by atoms with Crippen LogP contribution in [0.1, 0.15) is 113 Å². The van der Waals surface area contributed by atoms with Crippen LogP contribution in [0.3, 0.4) is 0 Å². The van der Waals surface area contributed by atoms with E-state index in [1.54, 1.807) is 0 Å². The van der Waals surface area contributed by atoms with Gasteiger partial charge in [0, 0.05) is 12.3 Å². The Morgan fingerprint density at radius 3 is 1.44 bits per heavy atom. The fraction of sp³-hybridized carbons (Fsp3) is 1.00. The average Bonchev–Trinajstić information content (AvgIpc) is 2.67. The third-order valence-corrected chi connectivity index (χ3v) is 6.75. The molecule has 0 bridgehead atoms. The molecular weight excluding hydrogens is 316 g/mol. The molecule has 150 valence electrons. The summed E-state index contributed by atoms with van der Waals surface area (Å²) in [5.41, 5.74) is -0.490. The minimum atomic E-state index is -0.798. The second-order valence-electron chi connectivity index (χ2n) is 7.78. The molecule has 4 heteroatoms. The monoisotopic (exact) mass is 358 g/mol. The molecule has 0 amide bonds. The molecule has 0 N–H and O–H groups in total. The minimum absolute atomic E-state index is 0.243. The van der Waals surface area contributed by atoms with Crippen LogP contribution in [-0.4, -0.2) is 17.0 Å².